The van der Waals surface area contributed by atoms with Crippen LogP contribution in [-0.2, 0) is 9.53 Å². The van der Waals surface area contributed by atoms with E-state index in [1.807, 2.05) is 25.1 Å². The molecule has 1 aromatic rings. The Bertz CT molecular complexity index is 612. The molecule has 2 saturated heterocycles. The molecule has 2 fully saturated rings. The van der Waals surface area contributed by atoms with Crippen molar-refractivity contribution < 1.29 is 14.3 Å². The summed E-state index contributed by atoms with van der Waals surface area (Å²) in [4.78, 5) is 25.9. The van der Waals surface area contributed by atoms with E-state index >= 15 is 0 Å². The van der Waals surface area contributed by atoms with Gasteiger partial charge in [0.15, 0.2) is 0 Å². The number of anilines is 2. The Morgan fingerprint density at radius 1 is 1.33 bits per heavy atom. The van der Waals surface area contributed by atoms with Crippen molar-refractivity contribution in [2.45, 2.75) is 32.6 Å². The van der Waals surface area contributed by atoms with E-state index < -0.39 is 0 Å². The van der Waals surface area contributed by atoms with Crippen LogP contribution in [0.4, 0.5) is 16.2 Å². The lowest BCUT2D eigenvalue weighted by Crippen LogP contribution is -2.35. The highest BCUT2D eigenvalue weighted by Crippen LogP contribution is 2.28. The van der Waals surface area contributed by atoms with Crippen molar-refractivity contribution in [3.05, 3.63) is 23.8 Å². The predicted molar refractivity (Wildman–Crippen MR) is 93.3 cm³/mol. The summed E-state index contributed by atoms with van der Waals surface area (Å²) in [5.74, 6) is 0.638. The van der Waals surface area contributed by atoms with Gasteiger partial charge in [0.2, 0.25) is 5.91 Å². The zero-order valence-electron chi connectivity index (χ0n) is 14.1. The summed E-state index contributed by atoms with van der Waals surface area (Å²) in [6, 6.07) is 5.48. The molecule has 130 valence electrons. The highest BCUT2D eigenvalue weighted by atomic mass is 16.5. The van der Waals surface area contributed by atoms with Gasteiger partial charge in [-0.1, -0.05) is 6.07 Å². The van der Waals surface area contributed by atoms with Gasteiger partial charge in [-0.2, -0.15) is 0 Å². The third kappa shape index (κ3) is 4.06. The Morgan fingerprint density at radius 3 is 2.83 bits per heavy atom. The van der Waals surface area contributed by atoms with E-state index in [9.17, 15) is 9.59 Å². The van der Waals surface area contributed by atoms with Gasteiger partial charge < -0.3 is 20.3 Å². The number of benzene rings is 1. The fourth-order valence-electron chi connectivity index (χ4n) is 3.24. The van der Waals surface area contributed by atoms with Crippen molar-refractivity contribution in [1.82, 2.24) is 5.32 Å². The molecular formula is C18H25N3O3. The van der Waals surface area contributed by atoms with Crippen LogP contribution in [-0.4, -0.2) is 38.2 Å². The van der Waals surface area contributed by atoms with Gasteiger partial charge in [-0.05, 0) is 49.8 Å². The molecule has 2 aliphatic rings. The Kier molecular flexibility index (Phi) is 5.35. The molecule has 24 heavy (non-hydrogen) atoms. The van der Waals surface area contributed by atoms with Crippen molar-refractivity contribution in [2.75, 3.05) is 36.5 Å². The summed E-state index contributed by atoms with van der Waals surface area (Å²) in [5.41, 5.74) is 2.64. The molecule has 3 rings (SSSR count). The molecule has 0 aromatic heterocycles. The SMILES string of the molecule is Cc1ccc(NC(=O)NCC2CCOCC2)cc1N1CCCC1=O. The first kappa shape index (κ1) is 16.8. The van der Waals surface area contributed by atoms with Crippen molar-refractivity contribution >= 4 is 23.3 Å². The number of rotatable bonds is 4. The number of amides is 3. The van der Waals surface area contributed by atoms with E-state index in [1.54, 1.807) is 4.90 Å². The lowest BCUT2D eigenvalue weighted by atomic mass is 10.0. The third-order valence-electron chi connectivity index (χ3n) is 4.72. The molecule has 0 unspecified atom stereocenters. The largest absolute Gasteiger partial charge is 0.381 e. The van der Waals surface area contributed by atoms with Crippen LogP contribution >= 0.6 is 0 Å². The van der Waals surface area contributed by atoms with Crippen LogP contribution in [0.3, 0.4) is 0 Å². The summed E-state index contributed by atoms with van der Waals surface area (Å²) in [6.45, 7) is 4.95. The van der Waals surface area contributed by atoms with Gasteiger partial charge in [0.05, 0.1) is 0 Å². The average Bonchev–Trinajstić information content (AvgIpc) is 3.01. The summed E-state index contributed by atoms with van der Waals surface area (Å²) in [6.07, 6.45) is 3.47. The van der Waals surface area contributed by atoms with Crippen molar-refractivity contribution in [2.24, 2.45) is 5.92 Å². The highest BCUT2D eigenvalue weighted by molar-refractivity contribution is 5.97. The Hall–Kier alpha value is -2.08. The zero-order valence-corrected chi connectivity index (χ0v) is 14.1. The number of nitrogens with one attached hydrogen (secondary N) is 2. The molecule has 0 radical (unpaired) electrons. The smallest absolute Gasteiger partial charge is 0.319 e. The molecule has 6 heteroatoms. The summed E-state index contributed by atoms with van der Waals surface area (Å²) < 4.78 is 5.32. The highest BCUT2D eigenvalue weighted by Gasteiger charge is 2.23. The van der Waals surface area contributed by atoms with Crippen molar-refractivity contribution in [3.8, 4) is 0 Å². The van der Waals surface area contributed by atoms with Crippen LogP contribution in [0.5, 0.6) is 0 Å². The topological polar surface area (TPSA) is 70.7 Å². The van der Waals surface area contributed by atoms with E-state index in [0.717, 1.165) is 50.3 Å². The normalized spacial score (nSPS) is 18.7. The molecule has 2 N–H and O–H groups in total. The molecule has 3 amide bonds. The minimum atomic E-state index is -0.205. The Morgan fingerprint density at radius 2 is 2.12 bits per heavy atom. The number of carbonyl (C=O) groups is 2. The number of urea groups is 1. The van der Waals surface area contributed by atoms with E-state index in [2.05, 4.69) is 10.6 Å². The van der Waals surface area contributed by atoms with E-state index in [0.29, 0.717) is 24.6 Å². The van der Waals surface area contributed by atoms with Gasteiger partial charge in [-0.15, -0.1) is 0 Å². The number of nitrogens with zero attached hydrogens (tertiary/aromatic N) is 1. The molecule has 0 aliphatic carbocycles. The summed E-state index contributed by atoms with van der Waals surface area (Å²) in [5, 5.41) is 5.80. The van der Waals surface area contributed by atoms with Crippen LogP contribution in [0.1, 0.15) is 31.2 Å². The zero-order chi connectivity index (χ0) is 16.9. The molecule has 2 heterocycles. The first-order valence-electron chi connectivity index (χ1n) is 8.67. The van der Waals surface area contributed by atoms with Crippen LogP contribution in [0.15, 0.2) is 18.2 Å². The molecule has 0 atom stereocenters. The second-order valence-corrected chi connectivity index (χ2v) is 6.54. The van der Waals surface area contributed by atoms with E-state index in [-0.39, 0.29) is 11.9 Å². The summed E-state index contributed by atoms with van der Waals surface area (Å²) in [7, 11) is 0. The first-order chi connectivity index (χ1) is 11.6. The molecule has 1 aromatic carbocycles. The minimum Gasteiger partial charge on any atom is -0.381 e. The molecule has 0 saturated carbocycles. The quantitative estimate of drug-likeness (QED) is 0.891. The lowest BCUT2D eigenvalue weighted by molar-refractivity contribution is -0.117. The fourth-order valence-corrected chi connectivity index (χ4v) is 3.24. The van der Waals surface area contributed by atoms with Crippen molar-refractivity contribution in [1.29, 1.82) is 0 Å². The molecule has 0 bridgehead atoms. The van der Waals surface area contributed by atoms with Gasteiger partial charge in [-0.25, -0.2) is 4.79 Å². The Labute approximate surface area is 142 Å². The van der Waals surface area contributed by atoms with E-state index in [4.69, 9.17) is 4.74 Å². The molecular weight excluding hydrogens is 306 g/mol. The van der Waals surface area contributed by atoms with Crippen LogP contribution in [0.25, 0.3) is 0 Å². The standard InChI is InChI=1S/C18H25N3O3/c1-13-4-5-15(11-16(13)21-8-2-3-17(21)22)20-18(23)19-12-14-6-9-24-10-7-14/h4-5,11,14H,2-3,6-10,12H2,1H3,(H2,19,20,23). The Balaban J connectivity index is 1.58. The molecule has 0 spiro atoms. The van der Waals surface area contributed by atoms with E-state index in [1.165, 1.54) is 0 Å². The second-order valence-electron chi connectivity index (χ2n) is 6.54. The van der Waals surface area contributed by atoms with Crippen LogP contribution in [0, 0.1) is 12.8 Å². The maximum absolute atomic E-state index is 12.1. The van der Waals surface area contributed by atoms with Crippen molar-refractivity contribution in [3.63, 3.8) is 0 Å². The second kappa shape index (κ2) is 7.66. The number of carbonyl (C=O) groups excluding carboxylic acids is 2. The van der Waals surface area contributed by atoms with Gasteiger partial charge in [0.25, 0.3) is 0 Å². The maximum atomic E-state index is 12.1. The molecule has 6 nitrogen and oxygen atoms in total. The minimum absolute atomic E-state index is 0.152. The first-order valence-corrected chi connectivity index (χ1v) is 8.67. The fraction of sp³-hybridized carbons (Fsp3) is 0.556. The summed E-state index contributed by atoms with van der Waals surface area (Å²) >= 11 is 0. The average molecular weight is 331 g/mol. The van der Waals surface area contributed by atoms with Gasteiger partial charge >= 0.3 is 6.03 Å². The monoisotopic (exact) mass is 331 g/mol. The third-order valence-corrected chi connectivity index (χ3v) is 4.72. The molecule has 2 aliphatic heterocycles. The lowest BCUT2D eigenvalue weighted by Gasteiger charge is -2.22. The number of aryl methyl sites for hydroxylation is 1. The van der Waals surface area contributed by atoms with Gasteiger partial charge in [0, 0.05) is 44.1 Å². The maximum Gasteiger partial charge on any atom is 0.319 e. The predicted octanol–water partition coefficient (Wildman–Crippen LogP) is 2.67. The van der Waals surface area contributed by atoms with Crippen LogP contribution < -0.4 is 15.5 Å². The van der Waals surface area contributed by atoms with Gasteiger partial charge in [0.1, 0.15) is 0 Å². The van der Waals surface area contributed by atoms with Crippen LogP contribution in [0.2, 0.25) is 0 Å². The number of ether oxygens (including phenoxy) is 1. The number of hydrogen-bond acceptors (Lipinski definition) is 3. The number of hydrogen-bond donors (Lipinski definition) is 2. The van der Waals surface area contributed by atoms with Gasteiger partial charge in [-0.3, -0.25) is 4.79 Å².